The highest BCUT2D eigenvalue weighted by molar-refractivity contribution is 5.32. The fraction of sp³-hybridized carbons (Fsp3) is 0.625. The smallest absolute Gasteiger partial charge is 0.377 e. The van der Waals surface area contributed by atoms with Crippen molar-refractivity contribution in [2.24, 2.45) is 0 Å². The maximum atomic E-state index is 14.0. The SMILES string of the molecule is CCC(C)c1ccccc1C(CC(F)(C(F)(F)F)C(F)(F)F)OC. The van der Waals surface area contributed by atoms with Crippen molar-refractivity contribution in [3.63, 3.8) is 0 Å². The van der Waals surface area contributed by atoms with Crippen LogP contribution >= 0.6 is 0 Å². The summed E-state index contributed by atoms with van der Waals surface area (Å²) in [5.41, 5.74) is -4.67. The van der Waals surface area contributed by atoms with Crippen molar-refractivity contribution in [1.29, 1.82) is 0 Å². The largest absolute Gasteiger partial charge is 0.431 e. The highest BCUT2D eigenvalue weighted by atomic mass is 19.4. The molecule has 0 bridgehead atoms. The van der Waals surface area contributed by atoms with Gasteiger partial charge < -0.3 is 4.74 Å². The van der Waals surface area contributed by atoms with E-state index in [9.17, 15) is 30.7 Å². The summed E-state index contributed by atoms with van der Waals surface area (Å²) in [4.78, 5) is 0. The number of halogens is 7. The van der Waals surface area contributed by atoms with Crippen LogP contribution in [0, 0.1) is 0 Å². The van der Waals surface area contributed by atoms with Crippen molar-refractivity contribution in [3.05, 3.63) is 35.4 Å². The summed E-state index contributed by atoms with van der Waals surface area (Å²) in [5.74, 6) is -0.121. The van der Waals surface area contributed by atoms with Gasteiger partial charge in [0, 0.05) is 13.5 Å². The Morgan fingerprint density at radius 1 is 0.917 bits per heavy atom. The summed E-state index contributed by atoms with van der Waals surface area (Å²) in [6.45, 7) is 3.61. The topological polar surface area (TPSA) is 9.23 Å². The zero-order valence-electron chi connectivity index (χ0n) is 13.4. The molecule has 0 saturated heterocycles. The number of methoxy groups -OCH3 is 1. The van der Waals surface area contributed by atoms with Crippen LogP contribution in [0.15, 0.2) is 24.3 Å². The van der Waals surface area contributed by atoms with Crippen molar-refractivity contribution in [2.45, 2.75) is 56.7 Å². The highest BCUT2D eigenvalue weighted by Crippen LogP contribution is 2.51. The molecule has 0 fully saturated rings. The van der Waals surface area contributed by atoms with E-state index in [4.69, 9.17) is 4.74 Å². The quantitative estimate of drug-likeness (QED) is 0.556. The van der Waals surface area contributed by atoms with Gasteiger partial charge in [0.05, 0.1) is 6.10 Å². The summed E-state index contributed by atoms with van der Waals surface area (Å²) < 4.78 is 95.6. The molecule has 0 spiro atoms. The molecule has 0 saturated carbocycles. The molecule has 0 aliphatic rings. The van der Waals surface area contributed by atoms with E-state index in [-0.39, 0.29) is 11.5 Å². The molecule has 0 aliphatic carbocycles. The number of rotatable bonds is 6. The van der Waals surface area contributed by atoms with Gasteiger partial charge in [-0.2, -0.15) is 26.3 Å². The van der Waals surface area contributed by atoms with Gasteiger partial charge in [0.1, 0.15) is 0 Å². The number of hydrogen-bond acceptors (Lipinski definition) is 1. The van der Waals surface area contributed by atoms with Crippen molar-refractivity contribution in [3.8, 4) is 0 Å². The first kappa shape index (κ1) is 20.7. The molecule has 2 unspecified atom stereocenters. The molecular formula is C16H19F7O. The van der Waals surface area contributed by atoms with E-state index in [1.807, 2.05) is 6.92 Å². The summed E-state index contributed by atoms with van der Waals surface area (Å²) >= 11 is 0. The lowest BCUT2D eigenvalue weighted by molar-refractivity contribution is -0.348. The first-order valence-electron chi connectivity index (χ1n) is 7.33. The van der Waals surface area contributed by atoms with Crippen molar-refractivity contribution >= 4 is 0 Å². The van der Waals surface area contributed by atoms with E-state index < -0.39 is 30.5 Å². The Morgan fingerprint density at radius 3 is 1.75 bits per heavy atom. The molecule has 2 atom stereocenters. The van der Waals surface area contributed by atoms with Crippen molar-refractivity contribution in [1.82, 2.24) is 0 Å². The fourth-order valence-electron chi connectivity index (χ4n) is 2.44. The van der Waals surface area contributed by atoms with Gasteiger partial charge in [-0.15, -0.1) is 0 Å². The molecule has 1 aromatic carbocycles. The Labute approximate surface area is 135 Å². The minimum atomic E-state index is -6.09. The molecule has 1 rings (SSSR count). The lowest BCUT2D eigenvalue weighted by Gasteiger charge is -2.33. The molecule has 24 heavy (non-hydrogen) atoms. The molecule has 0 N–H and O–H groups in total. The van der Waals surface area contributed by atoms with Crippen LogP contribution in [0.5, 0.6) is 0 Å². The summed E-state index contributed by atoms with van der Waals surface area (Å²) in [7, 11) is 0.964. The van der Waals surface area contributed by atoms with Crippen LogP contribution in [0.4, 0.5) is 30.7 Å². The van der Waals surface area contributed by atoms with E-state index in [1.54, 1.807) is 19.1 Å². The normalized spacial score (nSPS) is 16.1. The van der Waals surface area contributed by atoms with Gasteiger partial charge in [-0.3, -0.25) is 0 Å². The molecule has 0 aliphatic heterocycles. The molecule has 1 nitrogen and oxygen atoms in total. The Bertz CT molecular complexity index is 522. The van der Waals surface area contributed by atoms with E-state index in [1.165, 1.54) is 12.1 Å². The lowest BCUT2D eigenvalue weighted by Crippen LogP contribution is -2.54. The minimum absolute atomic E-state index is 0.121. The molecule has 0 radical (unpaired) electrons. The maximum Gasteiger partial charge on any atom is 0.431 e. The van der Waals surface area contributed by atoms with Crippen LogP contribution in [0.3, 0.4) is 0 Å². The minimum Gasteiger partial charge on any atom is -0.377 e. The number of hydrogen-bond donors (Lipinski definition) is 0. The predicted octanol–water partition coefficient (Wildman–Crippen LogP) is 6.11. The second kappa shape index (κ2) is 7.29. The van der Waals surface area contributed by atoms with Gasteiger partial charge in [0.2, 0.25) is 0 Å². The molecule has 0 heterocycles. The van der Waals surface area contributed by atoms with E-state index in [0.717, 1.165) is 7.11 Å². The van der Waals surface area contributed by atoms with Crippen LogP contribution in [0.25, 0.3) is 0 Å². The van der Waals surface area contributed by atoms with E-state index in [2.05, 4.69) is 0 Å². The lowest BCUT2D eigenvalue weighted by atomic mass is 9.86. The second-order valence-corrected chi connectivity index (χ2v) is 5.66. The average Bonchev–Trinajstić information content (AvgIpc) is 2.49. The van der Waals surface area contributed by atoms with Gasteiger partial charge >= 0.3 is 18.0 Å². The monoisotopic (exact) mass is 360 g/mol. The summed E-state index contributed by atoms with van der Waals surface area (Å²) in [6, 6.07) is 6.04. The standard InChI is InChI=1S/C16H19F7O/c1-4-10(2)11-7-5-6-8-12(11)13(24-3)9-14(17,15(18,19)20)16(21,22)23/h5-8,10,13H,4,9H2,1-3H3. The van der Waals surface area contributed by atoms with E-state index in [0.29, 0.717) is 12.0 Å². The third-order valence-corrected chi connectivity index (χ3v) is 4.14. The third-order valence-electron chi connectivity index (χ3n) is 4.14. The number of ether oxygens (including phenoxy) is 1. The van der Waals surface area contributed by atoms with Gasteiger partial charge in [0.15, 0.2) is 0 Å². The molecule has 1 aromatic rings. The molecule has 0 aromatic heterocycles. The molecular weight excluding hydrogens is 341 g/mol. The zero-order chi connectivity index (χ0) is 18.8. The van der Waals surface area contributed by atoms with Gasteiger partial charge in [0.25, 0.3) is 0 Å². The Kier molecular flexibility index (Phi) is 6.30. The van der Waals surface area contributed by atoms with Crippen LogP contribution in [0.2, 0.25) is 0 Å². The molecule has 0 amide bonds. The predicted molar refractivity (Wildman–Crippen MR) is 75.5 cm³/mol. The number of benzene rings is 1. The molecule has 8 heteroatoms. The highest BCUT2D eigenvalue weighted by Gasteiger charge is 2.72. The Hall–Kier alpha value is -1.31. The van der Waals surface area contributed by atoms with Crippen LogP contribution in [-0.4, -0.2) is 25.1 Å². The Balaban J connectivity index is 3.33. The van der Waals surface area contributed by atoms with Gasteiger partial charge in [-0.25, -0.2) is 4.39 Å². The second-order valence-electron chi connectivity index (χ2n) is 5.66. The third kappa shape index (κ3) is 4.02. The van der Waals surface area contributed by atoms with Crippen LogP contribution < -0.4 is 0 Å². The van der Waals surface area contributed by atoms with Crippen LogP contribution in [0.1, 0.15) is 49.8 Å². The Morgan fingerprint density at radius 2 is 1.38 bits per heavy atom. The van der Waals surface area contributed by atoms with Crippen molar-refractivity contribution < 1.29 is 35.5 Å². The first-order valence-corrected chi connectivity index (χ1v) is 7.33. The van der Waals surface area contributed by atoms with Crippen molar-refractivity contribution in [2.75, 3.05) is 7.11 Å². The fourth-order valence-corrected chi connectivity index (χ4v) is 2.44. The molecule has 138 valence electrons. The van der Waals surface area contributed by atoms with Crippen LogP contribution in [-0.2, 0) is 4.74 Å². The maximum absolute atomic E-state index is 14.0. The average molecular weight is 360 g/mol. The first-order chi connectivity index (χ1) is 10.9. The summed E-state index contributed by atoms with van der Waals surface area (Å²) in [5, 5.41) is 0. The van der Waals surface area contributed by atoms with Gasteiger partial charge in [-0.1, -0.05) is 38.1 Å². The van der Waals surface area contributed by atoms with Gasteiger partial charge in [-0.05, 0) is 23.5 Å². The summed E-state index contributed by atoms with van der Waals surface area (Å²) in [6.07, 6.45) is -15.1. The van der Waals surface area contributed by atoms with E-state index >= 15 is 0 Å². The number of alkyl halides is 7. The zero-order valence-corrected chi connectivity index (χ0v) is 13.4.